The van der Waals surface area contributed by atoms with Gasteiger partial charge in [-0.2, -0.15) is 5.10 Å². The zero-order valence-electron chi connectivity index (χ0n) is 8.57. The molecule has 0 bridgehead atoms. The van der Waals surface area contributed by atoms with Crippen LogP contribution in [0.25, 0.3) is 0 Å². The van der Waals surface area contributed by atoms with Crippen molar-refractivity contribution in [2.75, 3.05) is 0 Å². The van der Waals surface area contributed by atoms with Crippen LogP contribution in [0.3, 0.4) is 0 Å². The summed E-state index contributed by atoms with van der Waals surface area (Å²) in [4.78, 5) is 4.45. The van der Waals surface area contributed by atoms with Crippen molar-refractivity contribution < 1.29 is 0 Å². The Bertz CT molecular complexity index is 340. The van der Waals surface area contributed by atoms with Gasteiger partial charge in [-0.15, -0.1) is 0 Å². The zero-order chi connectivity index (χ0) is 10.1. The number of nitrogens with zero attached hydrogens (tertiary/aromatic N) is 2. The van der Waals surface area contributed by atoms with Crippen molar-refractivity contribution in [2.24, 2.45) is 5.73 Å². The molecule has 76 valence electrons. The molecule has 0 aromatic carbocycles. The molecule has 1 aromatic rings. The third kappa shape index (κ3) is 1.70. The van der Waals surface area contributed by atoms with Crippen molar-refractivity contribution in [1.29, 1.82) is 0 Å². The first kappa shape index (κ1) is 9.40. The van der Waals surface area contributed by atoms with Gasteiger partial charge in [-0.05, 0) is 6.42 Å². The zero-order valence-corrected chi connectivity index (χ0v) is 8.57. The average molecular weight is 192 g/mol. The summed E-state index contributed by atoms with van der Waals surface area (Å²) in [5.41, 5.74) is 5.78. The summed E-state index contributed by atoms with van der Waals surface area (Å²) in [6.45, 7) is 4.17. The number of allylic oxidation sites excluding steroid dienone is 1. The Morgan fingerprint density at radius 3 is 2.79 bits per heavy atom. The molecular weight excluding hydrogens is 176 g/mol. The van der Waals surface area contributed by atoms with E-state index in [1.165, 1.54) is 0 Å². The quantitative estimate of drug-likeness (QED) is 0.694. The highest BCUT2D eigenvalue weighted by Gasteiger charge is 2.21. The van der Waals surface area contributed by atoms with E-state index in [0.29, 0.717) is 11.8 Å². The molecule has 2 atom stereocenters. The van der Waals surface area contributed by atoms with Gasteiger partial charge in [0, 0.05) is 17.9 Å². The minimum atomic E-state index is 0.174. The molecule has 0 spiro atoms. The van der Waals surface area contributed by atoms with Crippen LogP contribution in [0.2, 0.25) is 0 Å². The first-order chi connectivity index (χ1) is 6.66. The maximum absolute atomic E-state index is 5.78. The lowest BCUT2D eigenvalue weighted by Gasteiger charge is -2.04. The Hall–Kier alpha value is -1.16. The molecule has 1 aromatic heterocycles. The summed E-state index contributed by atoms with van der Waals surface area (Å²) < 4.78 is 0. The van der Waals surface area contributed by atoms with E-state index < -0.39 is 0 Å². The number of hydrogen-bond acceptors (Lipinski definition) is 3. The first-order valence-corrected chi connectivity index (χ1v) is 5.03. The van der Waals surface area contributed by atoms with Crippen molar-refractivity contribution in [2.45, 2.75) is 38.1 Å². The van der Waals surface area contributed by atoms with Gasteiger partial charge in [0.15, 0.2) is 5.82 Å². The standard InChI is InChI=1S/C10H16N4/c1-6(2)9-12-10(14-13-9)7-3-4-8(11)5-7/h3-4,6-8H,5,11H2,1-2H3,(H,12,13,14). The number of aromatic amines is 1. The van der Waals surface area contributed by atoms with Crippen LogP contribution in [-0.2, 0) is 0 Å². The second kappa shape index (κ2) is 3.53. The maximum Gasteiger partial charge on any atom is 0.153 e. The Balaban J connectivity index is 2.14. The molecule has 0 fully saturated rings. The molecule has 1 heterocycles. The molecule has 2 rings (SSSR count). The van der Waals surface area contributed by atoms with E-state index >= 15 is 0 Å². The number of rotatable bonds is 2. The number of nitrogens with two attached hydrogens (primary N) is 1. The van der Waals surface area contributed by atoms with Crippen LogP contribution in [0.5, 0.6) is 0 Å². The molecule has 4 nitrogen and oxygen atoms in total. The second-order valence-corrected chi connectivity index (χ2v) is 4.12. The van der Waals surface area contributed by atoms with Crippen molar-refractivity contribution >= 4 is 0 Å². The molecule has 3 N–H and O–H groups in total. The van der Waals surface area contributed by atoms with Gasteiger partial charge in [0.1, 0.15) is 5.82 Å². The van der Waals surface area contributed by atoms with Crippen molar-refractivity contribution in [1.82, 2.24) is 15.2 Å². The largest absolute Gasteiger partial charge is 0.324 e. The third-order valence-corrected chi connectivity index (χ3v) is 2.50. The Labute approximate surface area is 83.6 Å². The van der Waals surface area contributed by atoms with Crippen LogP contribution >= 0.6 is 0 Å². The van der Waals surface area contributed by atoms with Crippen LogP contribution in [0.4, 0.5) is 0 Å². The van der Waals surface area contributed by atoms with E-state index in [1.807, 2.05) is 6.08 Å². The number of H-pyrrole nitrogens is 1. The minimum Gasteiger partial charge on any atom is -0.324 e. The van der Waals surface area contributed by atoms with Gasteiger partial charge in [0.25, 0.3) is 0 Å². The molecule has 14 heavy (non-hydrogen) atoms. The average Bonchev–Trinajstić information content (AvgIpc) is 2.70. The van der Waals surface area contributed by atoms with E-state index in [9.17, 15) is 0 Å². The highest BCUT2D eigenvalue weighted by Crippen LogP contribution is 2.25. The molecule has 4 heteroatoms. The predicted molar refractivity (Wildman–Crippen MR) is 54.9 cm³/mol. The molecule has 2 unspecified atom stereocenters. The molecule has 0 radical (unpaired) electrons. The Kier molecular flexibility index (Phi) is 2.37. The molecule has 1 aliphatic rings. The Morgan fingerprint density at radius 1 is 1.50 bits per heavy atom. The van der Waals surface area contributed by atoms with Crippen LogP contribution in [0.1, 0.15) is 43.8 Å². The summed E-state index contributed by atoms with van der Waals surface area (Å²) in [5.74, 6) is 2.52. The molecule has 0 saturated heterocycles. The summed E-state index contributed by atoms with van der Waals surface area (Å²) in [7, 11) is 0. The van der Waals surface area contributed by atoms with Gasteiger partial charge in [0.2, 0.25) is 0 Å². The Morgan fingerprint density at radius 2 is 2.29 bits per heavy atom. The summed E-state index contributed by atoms with van der Waals surface area (Å²) >= 11 is 0. The highest BCUT2D eigenvalue weighted by atomic mass is 15.2. The van der Waals surface area contributed by atoms with E-state index in [2.05, 4.69) is 35.1 Å². The van der Waals surface area contributed by atoms with E-state index in [1.54, 1.807) is 0 Å². The number of aromatic nitrogens is 3. The molecular formula is C10H16N4. The van der Waals surface area contributed by atoms with Gasteiger partial charge in [-0.25, -0.2) is 4.98 Å². The molecule has 0 aliphatic heterocycles. The van der Waals surface area contributed by atoms with Crippen LogP contribution < -0.4 is 5.73 Å². The van der Waals surface area contributed by atoms with Crippen LogP contribution in [0, 0.1) is 0 Å². The minimum absolute atomic E-state index is 0.174. The summed E-state index contributed by atoms with van der Waals surface area (Å²) in [6, 6.07) is 0.174. The van der Waals surface area contributed by atoms with Gasteiger partial charge < -0.3 is 5.73 Å². The van der Waals surface area contributed by atoms with Crippen molar-refractivity contribution in [3.63, 3.8) is 0 Å². The molecule has 0 amide bonds. The van der Waals surface area contributed by atoms with Crippen LogP contribution in [-0.4, -0.2) is 21.2 Å². The van der Waals surface area contributed by atoms with E-state index in [-0.39, 0.29) is 6.04 Å². The fraction of sp³-hybridized carbons (Fsp3) is 0.600. The lowest BCUT2D eigenvalue weighted by molar-refractivity contribution is 0.678. The lowest BCUT2D eigenvalue weighted by atomic mass is 10.1. The van der Waals surface area contributed by atoms with Crippen LogP contribution in [0.15, 0.2) is 12.2 Å². The smallest absolute Gasteiger partial charge is 0.153 e. The van der Waals surface area contributed by atoms with E-state index in [4.69, 9.17) is 5.73 Å². The summed E-state index contributed by atoms with van der Waals surface area (Å²) in [5, 5.41) is 7.16. The van der Waals surface area contributed by atoms with Crippen molar-refractivity contribution in [3.05, 3.63) is 23.8 Å². The van der Waals surface area contributed by atoms with Gasteiger partial charge in [-0.3, -0.25) is 5.10 Å². The van der Waals surface area contributed by atoms with Crippen molar-refractivity contribution in [3.8, 4) is 0 Å². The fourth-order valence-corrected chi connectivity index (χ4v) is 1.64. The van der Waals surface area contributed by atoms with Gasteiger partial charge in [-0.1, -0.05) is 26.0 Å². The summed E-state index contributed by atoms with van der Waals surface area (Å²) in [6.07, 6.45) is 5.07. The molecule has 1 aliphatic carbocycles. The predicted octanol–water partition coefficient (Wildman–Crippen LogP) is 1.30. The first-order valence-electron chi connectivity index (χ1n) is 5.03. The normalized spacial score (nSPS) is 26.3. The van der Waals surface area contributed by atoms with Gasteiger partial charge in [0.05, 0.1) is 0 Å². The number of hydrogen-bond donors (Lipinski definition) is 2. The number of nitrogens with one attached hydrogen (secondary N) is 1. The lowest BCUT2D eigenvalue weighted by Crippen LogP contribution is -2.14. The van der Waals surface area contributed by atoms with E-state index in [0.717, 1.165) is 18.1 Å². The topological polar surface area (TPSA) is 67.6 Å². The SMILES string of the molecule is CC(C)c1n[nH]c(C2C=CC(N)C2)n1. The third-order valence-electron chi connectivity index (χ3n) is 2.50. The second-order valence-electron chi connectivity index (χ2n) is 4.12. The maximum atomic E-state index is 5.78. The fourth-order valence-electron chi connectivity index (χ4n) is 1.64. The highest BCUT2D eigenvalue weighted by molar-refractivity contribution is 5.17. The molecule has 0 saturated carbocycles. The monoisotopic (exact) mass is 192 g/mol. The van der Waals surface area contributed by atoms with Gasteiger partial charge >= 0.3 is 0 Å².